The minimum Gasteiger partial charge on any atom is -0.493 e. The highest BCUT2D eigenvalue weighted by molar-refractivity contribution is 5.80. The van der Waals surface area contributed by atoms with E-state index < -0.39 is 11.6 Å². The Balaban J connectivity index is 1.52. The van der Waals surface area contributed by atoms with Crippen LogP contribution in [0, 0.1) is 17.6 Å². The number of halogens is 2. The molecule has 1 aliphatic rings. The van der Waals surface area contributed by atoms with E-state index in [1.54, 1.807) is 19.2 Å². The highest BCUT2D eigenvalue weighted by atomic mass is 19.1. The van der Waals surface area contributed by atoms with Gasteiger partial charge in [0.05, 0.1) is 18.2 Å². The lowest BCUT2D eigenvalue weighted by atomic mass is 10.2. The first-order valence-electron chi connectivity index (χ1n) is 9.90. The van der Waals surface area contributed by atoms with E-state index in [0.29, 0.717) is 23.8 Å². The van der Waals surface area contributed by atoms with Crippen LogP contribution in [0.2, 0.25) is 0 Å². The van der Waals surface area contributed by atoms with Gasteiger partial charge in [-0.05, 0) is 37.8 Å². The maximum absolute atomic E-state index is 14.7. The van der Waals surface area contributed by atoms with E-state index in [1.165, 1.54) is 24.4 Å². The summed E-state index contributed by atoms with van der Waals surface area (Å²) in [7, 11) is 0. The van der Waals surface area contributed by atoms with Crippen LogP contribution in [0.25, 0.3) is 16.6 Å². The van der Waals surface area contributed by atoms with Crippen LogP contribution in [-0.2, 0) is 4.79 Å². The summed E-state index contributed by atoms with van der Waals surface area (Å²) in [5.74, 6) is -0.479. The first kappa shape index (κ1) is 20.1. The average Bonchev–Trinajstić information content (AvgIpc) is 3.43. The van der Waals surface area contributed by atoms with Crippen LogP contribution >= 0.6 is 0 Å². The van der Waals surface area contributed by atoms with Gasteiger partial charge in [-0.2, -0.15) is 5.10 Å². The van der Waals surface area contributed by atoms with Crippen LogP contribution in [0.5, 0.6) is 11.5 Å². The molecule has 1 saturated carbocycles. The molecule has 1 aromatic heterocycles. The number of hydrogen-bond acceptors (Lipinski definition) is 4. The minimum atomic E-state index is -0.713. The SMILES string of the molecule is CC(=O)NC(C)COc1cc(F)c(-n2cc3ccc(OCC4CC4)cc3n2)cc1F. The van der Waals surface area contributed by atoms with E-state index in [2.05, 4.69) is 10.4 Å². The molecule has 8 heteroatoms. The number of fused-ring (bicyclic) bond motifs is 1. The van der Waals surface area contributed by atoms with E-state index in [4.69, 9.17) is 9.47 Å². The summed E-state index contributed by atoms with van der Waals surface area (Å²) >= 11 is 0. The molecule has 6 nitrogen and oxygen atoms in total. The third-order valence-corrected chi connectivity index (χ3v) is 4.85. The van der Waals surface area contributed by atoms with E-state index in [0.717, 1.165) is 17.5 Å². The zero-order chi connectivity index (χ0) is 21.3. The third-order valence-electron chi connectivity index (χ3n) is 4.85. The van der Waals surface area contributed by atoms with Crippen molar-refractivity contribution < 1.29 is 23.0 Å². The molecule has 2 aromatic carbocycles. The Bertz CT molecular complexity index is 1080. The van der Waals surface area contributed by atoms with Crippen molar-refractivity contribution >= 4 is 16.8 Å². The quantitative estimate of drug-likeness (QED) is 0.604. The van der Waals surface area contributed by atoms with Gasteiger partial charge >= 0.3 is 0 Å². The van der Waals surface area contributed by atoms with Crippen LogP contribution in [0.3, 0.4) is 0 Å². The molecule has 1 aliphatic carbocycles. The summed E-state index contributed by atoms with van der Waals surface area (Å²) < 4.78 is 41.5. The first-order valence-corrected chi connectivity index (χ1v) is 9.90. The standard InChI is InChI=1S/C22H23F2N3O3/c1-13(25-14(2)28)11-30-22-9-18(23)21(8-19(22)24)27-10-16-5-6-17(7-20(16)26-27)29-12-15-3-4-15/h5-10,13,15H,3-4,11-12H2,1-2H3,(H,25,28). The largest absolute Gasteiger partial charge is 0.493 e. The predicted molar refractivity (Wildman–Crippen MR) is 108 cm³/mol. The number of carbonyl (C=O) groups excluding carboxylic acids is 1. The minimum absolute atomic E-state index is 0.0184. The van der Waals surface area contributed by atoms with Crippen LogP contribution < -0.4 is 14.8 Å². The monoisotopic (exact) mass is 415 g/mol. The number of rotatable bonds is 8. The Morgan fingerprint density at radius 2 is 2.03 bits per heavy atom. The Morgan fingerprint density at radius 1 is 1.23 bits per heavy atom. The molecule has 30 heavy (non-hydrogen) atoms. The Kier molecular flexibility index (Phi) is 5.57. The summed E-state index contributed by atoms with van der Waals surface area (Å²) in [4.78, 5) is 11.0. The van der Waals surface area contributed by atoms with E-state index in [9.17, 15) is 13.6 Å². The Morgan fingerprint density at radius 3 is 2.77 bits per heavy atom. The number of carbonyl (C=O) groups is 1. The number of ether oxygens (including phenoxy) is 2. The van der Waals surface area contributed by atoms with Gasteiger partial charge in [-0.15, -0.1) is 0 Å². The molecule has 1 unspecified atom stereocenters. The molecule has 1 fully saturated rings. The lowest BCUT2D eigenvalue weighted by Gasteiger charge is -2.15. The molecule has 1 N–H and O–H groups in total. The molecule has 0 spiro atoms. The number of hydrogen-bond donors (Lipinski definition) is 1. The molecule has 4 rings (SSSR count). The van der Waals surface area contributed by atoms with Gasteiger partial charge in [0.1, 0.15) is 18.0 Å². The van der Waals surface area contributed by atoms with E-state index in [1.807, 2.05) is 12.1 Å². The highest BCUT2D eigenvalue weighted by Gasteiger charge is 2.22. The zero-order valence-electron chi connectivity index (χ0n) is 16.8. The average molecular weight is 415 g/mol. The van der Waals surface area contributed by atoms with Crippen molar-refractivity contribution in [3.8, 4) is 17.2 Å². The van der Waals surface area contributed by atoms with E-state index >= 15 is 0 Å². The molecule has 3 aromatic rings. The van der Waals surface area contributed by atoms with Crippen molar-refractivity contribution in [2.75, 3.05) is 13.2 Å². The second kappa shape index (κ2) is 8.30. The third kappa shape index (κ3) is 4.69. The van der Waals surface area contributed by atoms with Crippen molar-refractivity contribution in [2.24, 2.45) is 5.92 Å². The first-order chi connectivity index (χ1) is 14.4. The molecule has 1 heterocycles. The zero-order valence-corrected chi connectivity index (χ0v) is 16.8. The van der Waals surface area contributed by atoms with Crippen LogP contribution in [-0.4, -0.2) is 34.9 Å². The molecule has 158 valence electrons. The lowest BCUT2D eigenvalue weighted by Crippen LogP contribution is -2.35. The van der Waals surface area contributed by atoms with Crippen molar-refractivity contribution in [2.45, 2.75) is 32.7 Å². The van der Waals surface area contributed by atoms with Crippen molar-refractivity contribution in [1.82, 2.24) is 15.1 Å². The maximum atomic E-state index is 14.7. The molecule has 1 amide bonds. The van der Waals surface area contributed by atoms with Gasteiger partial charge in [-0.1, -0.05) is 0 Å². The number of amides is 1. The van der Waals surface area contributed by atoms with Gasteiger partial charge in [-0.3, -0.25) is 4.79 Å². The Labute approximate surface area is 172 Å². The molecule has 1 atom stereocenters. The second-order valence-electron chi connectivity index (χ2n) is 7.70. The molecule has 0 radical (unpaired) electrons. The number of nitrogens with zero attached hydrogens (tertiary/aromatic N) is 2. The number of aromatic nitrogens is 2. The fourth-order valence-electron chi connectivity index (χ4n) is 3.12. The van der Waals surface area contributed by atoms with Gasteiger partial charge < -0.3 is 14.8 Å². The smallest absolute Gasteiger partial charge is 0.217 e. The van der Waals surface area contributed by atoms with Gasteiger partial charge in [0.15, 0.2) is 17.4 Å². The topological polar surface area (TPSA) is 65.4 Å². The summed E-state index contributed by atoms with van der Waals surface area (Å²) in [6.45, 7) is 3.79. The van der Waals surface area contributed by atoms with Crippen LogP contribution in [0.4, 0.5) is 8.78 Å². The summed E-state index contributed by atoms with van der Waals surface area (Å²) in [5.41, 5.74) is 0.610. The molecule has 0 aliphatic heterocycles. The van der Waals surface area contributed by atoms with Crippen LogP contribution in [0.15, 0.2) is 36.5 Å². The van der Waals surface area contributed by atoms with Crippen LogP contribution in [0.1, 0.15) is 26.7 Å². The number of benzene rings is 2. The fourth-order valence-corrected chi connectivity index (χ4v) is 3.12. The molecular formula is C22H23F2N3O3. The van der Waals surface area contributed by atoms with Crippen molar-refractivity contribution in [1.29, 1.82) is 0 Å². The lowest BCUT2D eigenvalue weighted by molar-refractivity contribution is -0.119. The molecule has 0 saturated heterocycles. The van der Waals surface area contributed by atoms with Gasteiger partial charge in [-0.25, -0.2) is 13.5 Å². The predicted octanol–water partition coefficient (Wildman–Crippen LogP) is 4.00. The van der Waals surface area contributed by atoms with Gasteiger partial charge in [0.25, 0.3) is 0 Å². The van der Waals surface area contributed by atoms with Gasteiger partial charge in [0, 0.05) is 36.7 Å². The van der Waals surface area contributed by atoms with Crippen molar-refractivity contribution in [3.05, 3.63) is 48.2 Å². The maximum Gasteiger partial charge on any atom is 0.217 e. The normalized spacial score (nSPS) is 14.5. The summed E-state index contributed by atoms with van der Waals surface area (Å²) in [6.07, 6.45) is 4.04. The fraction of sp³-hybridized carbons (Fsp3) is 0.364. The van der Waals surface area contributed by atoms with Gasteiger partial charge in [0.2, 0.25) is 5.91 Å². The Hall–Kier alpha value is -3.16. The number of nitrogens with one attached hydrogen (secondary N) is 1. The molecular weight excluding hydrogens is 392 g/mol. The van der Waals surface area contributed by atoms with Crippen molar-refractivity contribution in [3.63, 3.8) is 0 Å². The molecule has 0 bridgehead atoms. The summed E-state index contributed by atoms with van der Waals surface area (Å²) in [5, 5.41) is 7.77. The highest BCUT2D eigenvalue weighted by Crippen LogP contribution is 2.30. The van der Waals surface area contributed by atoms with E-state index in [-0.39, 0.29) is 30.0 Å². The second-order valence-corrected chi connectivity index (χ2v) is 7.70. The summed E-state index contributed by atoms with van der Waals surface area (Å²) in [6, 6.07) is 7.18.